The fraction of sp³-hybridized carbons (Fsp3) is 0.941. The van der Waals surface area contributed by atoms with Gasteiger partial charge in [0.25, 0.3) is 0 Å². The molecule has 0 aromatic rings. The van der Waals surface area contributed by atoms with Crippen LogP contribution in [0.15, 0.2) is 0 Å². The van der Waals surface area contributed by atoms with E-state index in [4.69, 9.17) is 4.74 Å². The van der Waals surface area contributed by atoms with Crippen molar-refractivity contribution in [2.75, 3.05) is 52.4 Å². The van der Waals surface area contributed by atoms with Crippen LogP contribution in [0.4, 0.5) is 13.2 Å². The number of amides is 1. The number of carbonyl (C=O) groups is 1. The lowest BCUT2D eigenvalue weighted by molar-refractivity contribution is -0.144. The molecule has 144 valence electrons. The Kier molecular flexibility index (Phi) is 6.22. The van der Waals surface area contributed by atoms with Gasteiger partial charge in [0.1, 0.15) is 0 Å². The van der Waals surface area contributed by atoms with Gasteiger partial charge in [0.2, 0.25) is 5.91 Å². The Morgan fingerprint density at radius 1 is 1.12 bits per heavy atom. The summed E-state index contributed by atoms with van der Waals surface area (Å²) in [5.41, 5.74) is 0. The number of nitrogens with zero attached hydrogens (tertiary/aromatic N) is 3. The molecule has 3 saturated heterocycles. The monoisotopic (exact) mass is 363 g/mol. The van der Waals surface area contributed by atoms with Crippen molar-refractivity contribution >= 4 is 5.91 Å². The van der Waals surface area contributed by atoms with Crippen LogP contribution in [0.2, 0.25) is 0 Å². The summed E-state index contributed by atoms with van der Waals surface area (Å²) in [6, 6.07) is -0.00176. The Hall–Kier alpha value is -0.860. The first-order chi connectivity index (χ1) is 11.9. The van der Waals surface area contributed by atoms with E-state index in [1.54, 1.807) is 0 Å². The minimum atomic E-state index is -4.17. The van der Waals surface area contributed by atoms with Gasteiger partial charge in [-0.05, 0) is 32.1 Å². The van der Waals surface area contributed by atoms with E-state index >= 15 is 0 Å². The van der Waals surface area contributed by atoms with E-state index in [-0.39, 0.29) is 18.1 Å². The van der Waals surface area contributed by atoms with Crippen molar-refractivity contribution in [2.45, 2.75) is 50.4 Å². The fourth-order valence-electron chi connectivity index (χ4n) is 4.14. The third kappa shape index (κ3) is 5.56. The number of carbonyl (C=O) groups excluding carboxylic acids is 1. The summed E-state index contributed by atoms with van der Waals surface area (Å²) in [5, 5.41) is 0. The SMILES string of the molecule is O=C(CN(C[C@H]1CCCO1)[C@@H]1CCN(CC(F)(F)F)C1)N1CCCC1. The summed E-state index contributed by atoms with van der Waals surface area (Å²) in [5.74, 6) is 0.102. The number of halogens is 3. The van der Waals surface area contributed by atoms with Crippen LogP contribution in [-0.2, 0) is 9.53 Å². The molecule has 8 heteroatoms. The van der Waals surface area contributed by atoms with Crippen LogP contribution in [0.3, 0.4) is 0 Å². The molecule has 0 spiro atoms. The first-order valence-corrected chi connectivity index (χ1v) is 9.33. The van der Waals surface area contributed by atoms with Crippen LogP contribution >= 0.6 is 0 Å². The minimum Gasteiger partial charge on any atom is -0.377 e. The highest BCUT2D eigenvalue weighted by atomic mass is 19.4. The van der Waals surface area contributed by atoms with Gasteiger partial charge in [0.15, 0.2) is 0 Å². The van der Waals surface area contributed by atoms with Gasteiger partial charge in [0, 0.05) is 45.4 Å². The summed E-state index contributed by atoms with van der Waals surface area (Å²) in [7, 11) is 0. The zero-order valence-electron chi connectivity index (χ0n) is 14.6. The molecule has 0 saturated carbocycles. The molecular weight excluding hydrogens is 335 g/mol. The average molecular weight is 363 g/mol. The van der Waals surface area contributed by atoms with E-state index in [1.165, 1.54) is 4.90 Å². The van der Waals surface area contributed by atoms with E-state index in [0.717, 1.165) is 45.4 Å². The number of hydrogen-bond donors (Lipinski definition) is 0. The second kappa shape index (κ2) is 8.22. The van der Waals surface area contributed by atoms with Crippen molar-refractivity contribution < 1.29 is 22.7 Å². The molecule has 0 aliphatic carbocycles. The lowest BCUT2D eigenvalue weighted by Gasteiger charge is -2.32. The standard InChI is InChI=1S/C17H28F3N3O2/c18-17(19,20)13-21-8-5-14(10-21)23(11-15-4-3-9-25-15)12-16(24)22-6-1-2-7-22/h14-15H,1-13H2/t14-,15-/m1/s1. The van der Waals surface area contributed by atoms with E-state index in [9.17, 15) is 18.0 Å². The van der Waals surface area contributed by atoms with E-state index in [2.05, 4.69) is 4.90 Å². The highest BCUT2D eigenvalue weighted by Gasteiger charge is 2.37. The Labute approximate surface area is 147 Å². The maximum Gasteiger partial charge on any atom is 0.401 e. The maximum absolute atomic E-state index is 12.6. The van der Waals surface area contributed by atoms with Crippen LogP contribution in [0.25, 0.3) is 0 Å². The molecule has 3 fully saturated rings. The molecule has 3 aliphatic rings. The number of ether oxygens (including phenoxy) is 1. The number of rotatable bonds is 6. The third-order valence-corrected chi connectivity index (χ3v) is 5.43. The maximum atomic E-state index is 12.6. The van der Waals surface area contributed by atoms with Crippen LogP contribution < -0.4 is 0 Å². The number of likely N-dealkylation sites (tertiary alicyclic amines) is 2. The fourth-order valence-corrected chi connectivity index (χ4v) is 4.14. The van der Waals surface area contributed by atoms with Gasteiger partial charge in [0.05, 0.1) is 19.2 Å². The molecular formula is C17H28F3N3O2. The van der Waals surface area contributed by atoms with Crippen molar-refractivity contribution in [3.8, 4) is 0 Å². The number of hydrogen-bond acceptors (Lipinski definition) is 4. The molecule has 3 aliphatic heterocycles. The van der Waals surface area contributed by atoms with Crippen molar-refractivity contribution in [3.63, 3.8) is 0 Å². The molecule has 5 nitrogen and oxygen atoms in total. The molecule has 1 amide bonds. The first kappa shape index (κ1) is 18.9. The highest BCUT2D eigenvalue weighted by molar-refractivity contribution is 5.78. The van der Waals surface area contributed by atoms with Crippen LogP contribution in [0, 0.1) is 0 Å². The van der Waals surface area contributed by atoms with E-state index in [0.29, 0.717) is 32.6 Å². The van der Waals surface area contributed by atoms with Crippen molar-refractivity contribution in [2.24, 2.45) is 0 Å². The molecule has 0 radical (unpaired) electrons. The smallest absolute Gasteiger partial charge is 0.377 e. The Bertz CT molecular complexity index is 449. The Balaban J connectivity index is 1.58. The van der Waals surface area contributed by atoms with Gasteiger partial charge in [-0.15, -0.1) is 0 Å². The zero-order valence-corrected chi connectivity index (χ0v) is 14.6. The average Bonchev–Trinajstić information content (AvgIpc) is 3.27. The summed E-state index contributed by atoms with van der Waals surface area (Å²) < 4.78 is 43.6. The summed E-state index contributed by atoms with van der Waals surface area (Å²) in [6.45, 7) is 3.23. The molecule has 0 bridgehead atoms. The van der Waals surface area contributed by atoms with Crippen LogP contribution in [-0.4, -0.2) is 91.3 Å². The molecule has 3 rings (SSSR count). The normalized spacial score (nSPS) is 28.4. The first-order valence-electron chi connectivity index (χ1n) is 9.33. The third-order valence-electron chi connectivity index (χ3n) is 5.43. The second-order valence-electron chi connectivity index (χ2n) is 7.45. The Morgan fingerprint density at radius 2 is 1.88 bits per heavy atom. The molecule has 2 atom stereocenters. The van der Waals surface area contributed by atoms with Crippen molar-refractivity contribution in [1.29, 1.82) is 0 Å². The topological polar surface area (TPSA) is 36.0 Å². The van der Waals surface area contributed by atoms with Crippen molar-refractivity contribution in [3.05, 3.63) is 0 Å². The minimum absolute atomic E-state index is 0.00176. The van der Waals surface area contributed by atoms with Gasteiger partial charge >= 0.3 is 6.18 Å². The number of alkyl halides is 3. The summed E-state index contributed by atoms with van der Waals surface area (Å²) in [6.07, 6.45) is 0.677. The zero-order chi connectivity index (χ0) is 17.9. The lowest BCUT2D eigenvalue weighted by Crippen LogP contribution is -2.48. The molecule has 3 heterocycles. The molecule has 0 aromatic heterocycles. The summed E-state index contributed by atoms with van der Waals surface area (Å²) in [4.78, 5) is 18.0. The van der Waals surface area contributed by atoms with Gasteiger partial charge in [-0.1, -0.05) is 0 Å². The Morgan fingerprint density at radius 3 is 2.52 bits per heavy atom. The van der Waals surface area contributed by atoms with E-state index < -0.39 is 12.7 Å². The predicted molar refractivity (Wildman–Crippen MR) is 87.3 cm³/mol. The van der Waals surface area contributed by atoms with Crippen LogP contribution in [0.1, 0.15) is 32.1 Å². The lowest BCUT2D eigenvalue weighted by atomic mass is 10.1. The quantitative estimate of drug-likeness (QED) is 0.720. The van der Waals surface area contributed by atoms with Crippen LogP contribution in [0.5, 0.6) is 0 Å². The molecule has 25 heavy (non-hydrogen) atoms. The van der Waals surface area contributed by atoms with Crippen molar-refractivity contribution in [1.82, 2.24) is 14.7 Å². The van der Waals surface area contributed by atoms with Gasteiger partial charge in [-0.25, -0.2) is 0 Å². The molecule has 0 unspecified atom stereocenters. The van der Waals surface area contributed by atoms with Gasteiger partial charge < -0.3 is 9.64 Å². The summed E-state index contributed by atoms with van der Waals surface area (Å²) >= 11 is 0. The molecule has 0 aromatic carbocycles. The largest absolute Gasteiger partial charge is 0.401 e. The van der Waals surface area contributed by atoms with Gasteiger partial charge in [-0.3, -0.25) is 14.6 Å². The van der Waals surface area contributed by atoms with E-state index in [1.807, 2.05) is 4.90 Å². The van der Waals surface area contributed by atoms with Gasteiger partial charge in [-0.2, -0.15) is 13.2 Å². The highest BCUT2D eigenvalue weighted by Crippen LogP contribution is 2.24. The predicted octanol–water partition coefficient (Wildman–Crippen LogP) is 1.73. The second-order valence-corrected chi connectivity index (χ2v) is 7.45. The molecule has 0 N–H and O–H groups in total.